The second-order valence-corrected chi connectivity index (χ2v) is 13.1. The summed E-state index contributed by atoms with van der Waals surface area (Å²) in [4.78, 5) is 0. The van der Waals surface area contributed by atoms with Crippen LogP contribution >= 0.6 is 0 Å². The van der Waals surface area contributed by atoms with E-state index in [-0.39, 0.29) is 0 Å². The fourth-order valence-electron chi connectivity index (χ4n) is 7.49. The molecule has 5 heteroatoms. The van der Waals surface area contributed by atoms with Crippen molar-refractivity contribution in [2.24, 2.45) is 0 Å². The summed E-state index contributed by atoms with van der Waals surface area (Å²) in [5.74, 6) is 0. The molecule has 5 nitrogen and oxygen atoms in total. The van der Waals surface area contributed by atoms with Crippen LogP contribution in [0.4, 0.5) is 0 Å². The molecule has 0 radical (unpaired) electrons. The lowest BCUT2D eigenvalue weighted by Gasteiger charge is -2.24. The van der Waals surface area contributed by atoms with E-state index in [0.717, 1.165) is 47.6 Å². The first-order chi connectivity index (χ1) is 25.2. The zero-order valence-electron chi connectivity index (χ0n) is 28.1. The highest BCUT2D eigenvalue weighted by Gasteiger charge is 2.19. The predicted octanol–water partition coefficient (Wildman–Crippen LogP) is 10.5. The van der Waals surface area contributed by atoms with Crippen molar-refractivity contribution in [1.29, 1.82) is 5.26 Å². The molecule has 0 aliphatic carbocycles. The molecule has 0 saturated heterocycles. The van der Waals surface area contributed by atoms with E-state index < -0.39 is 0 Å². The number of nitrogens with zero attached hydrogens (tertiary/aromatic N) is 4. The van der Waals surface area contributed by atoms with E-state index in [2.05, 4.69) is 177 Å². The van der Waals surface area contributed by atoms with Gasteiger partial charge in [0.15, 0.2) is 0 Å². The Hall–Kier alpha value is -6.45. The van der Waals surface area contributed by atoms with Gasteiger partial charge in [-0.3, -0.25) is 5.43 Å². The predicted molar refractivity (Wildman–Crippen MR) is 209 cm³/mol. The van der Waals surface area contributed by atoms with E-state index in [0.29, 0.717) is 5.56 Å². The molecule has 2 aromatic heterocycles. The van der Waals surface area contributed by atoms with Gasteiger partial charge in [0.2, 0.25) is 0 Å². The van der Waals surface area contributed by atoms with Crippen molar-refractivity contribution in [1.82, 2.24) is 19.6 Å². The van der Waals surface area contributed by atoms with Gasteiger partial charge in [0.25, 0.3) is 0 Å². The zero-order valence-corrected chi connectivity index (χ0v) is 28.1. The molecule has 9 aromatic rings. The molecule has 0 saturated carbocycles. The monoisotopic (exact) mass is 657 g/mol. The van der Waals surface area contributed by atoms with E-state index in [1.165, 1.54) is 43.8 Å². The second kappa shape index (κ2) is 13.1. The van der Waals surface area contributed by atoms with E-state index in [1.807, 2.05) is 18.2 Å². The Morgan fingerprint density at radius 2 is 0.980 bits per heavy atom. The maximum Gasteiger partial charge on any atom is 0.0992 e. The third-order valence-electron chi connectivity index (χ3n) is 9.81. The molecule has 0 amide bonds. The van der Waals surface area contributed by atoms with E-state index >= 15 is 0 Å². The SMILES string of the molecule is N#Cc1cccc(-n2c3ccccc3c3cc4c5ccccc5n(-c5cccc(CN(Cc6ccccc6)NCc6ccccc6)c5)c4cc32)c1. The first-order valence-electron chi connectivity index (χ1n) is 17.4. The van der Waals surface area contributed by atoms with Gasteiger partial charge in [-0.25, -0.2) is 5.01 Å². The van der Waals surface area contributed by atoms with Crippen LogP contribution in [-0.2, 0) is 19.6 Å². The largest absolute Gasteiger partial charge is 0.309 e. The molecule has 2 heterocycles. The van der Waals surface area contributed by atoms with E-state index in [4.69, 9.17) is 0 Å². The van der Waals surface area contributed by atoms with Crippen molar-refractivity contribution < 1.29 is 0 Å². The Morgan fingerprint density at radius 3 is 1.63 bits per heavy atom. The number of nitriles is 1. The average Bonchev–Trinajstić information content (AvgIpc) is 3.69. The second-order valence-electron chi connectivity index (χ2n) is 13.1. The maximum atomic E-state index is 9.73. The van der Waals surface area contributed by atoms with Crippen molar-refractivity contribution in [3.63, 3.8) is 0 Å². The van der Waals surface area contributed by atoms with E-state index in [9.17, 15) is 5.26 Å². The molecule has 1 N–H and O–H groups in total. The minimum absolute atomic E-state index is 0.644. The summed E-state index contributed by atoms with van der Waals surface area (Å²) in [5, 5.41) is 16.9. The number of hydrogen-bond acceptors (Lipinski definition) is 3. The van der Waals surface area contributed by atoms with Crippen molar-refractivity contribution >= 4 is 43.6 Å². The topological polar surface area (TPSA) is 48.9 Å². The summed E-state index contributed by atoms with van der Waals surface area (Å²) < 4.78 is 4.70. The first kappa shape index (κ1) is 30.6. The standard InChI is InChI=1S/C46H35N5/c47-29-35-17-11-19-37(25-35)50-43-23-9-7-21-39(43)41-27-42-40-22-8-10-24-44(40)51(46(42)28-45(41)50)38-20-12-18-36(26-38)32-49(31-34-15-5-2-6-16-34)48-30-33-13-3-1-4-14-33/h1-28,48H,30-32H2. The Bertz CT molecular complexity index is 2720. The number of nitrogens with one attached hydrogen (secondary N) is 1. The van der Waals surface area contributed by atoms with E-state index in [1.54, 1.807) is 0 Å². The fourth-order valence-corrected chi connectivity index (χ4v) is 7.49. The fraction of sp³-hybridized carbons (Fsp3) is 0.0652. The molecular formula is C46H35N5. The van der Waals surface area contributed by atoms with Crippen LogP contribution in [0.15, 0.2) is 170 Å². The van der Waals surface area contributed by atoms with Gasteiger partial charge in [0.05, 0.1) is 33.7 Å². The molecule has 0 fully saturated rings. The number of fused-ring (bicyclic) bond motifs is 6. The van der Waals surface area contributed by atoms with Gasteiger partial charge in [-0.05, 0) is 71.3 Å². The highest BCUT2D eigenvalue weighted by molar-refractivity contribution is 6.19. The number of para-hydroxylation sites is 2. The number of benzene rings is 7. The summed E-state index contributed by atoms with van der Waals surface area (Å²) in [7, 11) is 0. The highest BCUT2D eigenvalue weighted by Crippen LogP contribution is 2.39. The molecule has 0 bridgehead atoms. The van der Waals surface area contributed by atoms with Crippen LogP contribution in [-0.4, -0.2) is 14.1 Å². The lowest BCUT2D eigenvalue weighted by molar-refractivity contribution is 0.165. The Labute approximate surface area is 296 Å². The molecule has 0 atom stereocenters. The van der Waals surface area contributed by atoms with Crippen LogP contribution in [0.1, 0.15) is 22.3 Å². The van der Waals surface area contributed by atoms with Gasteiger partial charge in [-0.2, -0.15) is 5.26 Å². The minimum Gasteiger partial charge on any atom is -0.309 e. The van der Waals surface area contributed by atoms with Crippen LogP contribution in [0.3, 0.4) is 0 Å². The molecule has 0 unspecified atom stereocenters. The minimum atomic E-state index is 0.644. The van der Waals surface area contributed by atoms with Crippen LogP contribution in [0.25, 0.3) is 55.0 Å². The van der Waals surface area contributed by atoms with Crippen LogP contribution < -0.4 is 5.43 Å². The first-order valence-corrected chi connectivity index (χ1v) is 17.4. The quantitative estimate of drug-likeness (QED) is 0.157. The van der Waals surface area contributed by atoms with Gasteiger partial charge in [-0.1, -0.05) is 115 Å². The Kier molecular flexibility index (Phi) is 7.87. The lowest BCUT2D eigenvalue weighted by atomic mass is 10.1. The van der Waals surface area contributed by atoms with Crippen molar-refractivity contribution in [3.8, 4) is 17.4 Å². The zero-order chi connectivity index (χ0) is 34.1. The van der Waals surface area contributed by atoms with Crippen molar-refractivity contribution in [2.45, 2.75) is 19.6 Å². The Morgan fingerprint density at radius 1 is 0.451 bits per heavy atom. The summed E-state index contributed by atoms with van der Waals surface area (Å²) in [6, 6.07) is 62.3. The molecule has 0 aliphatic heterocycles. The summed E-state index contributed by atoms with van der Waals surface area (Å²) in [6.45, 7) is 2.27. The summed E-state index contributed by atoms with van der Waals surface area (Å²) >= 11 is 0. The number of hydrazine groups is 1. The third-order valence-corrected chi connectivity index (χ3v) is 9.81. The maximum absolute atomic E-state index is 9.73. The lowest BCUT2D eigenvalue weighted by Crippen LogP contribution is -2.36. The number of hydrogen-bond donors (Lipinski definition) is 1. The average molecular weight is 658 g/mol. The van der Waals surface area contributed by atoms with Gasteiger partial charge < -0.3 is 9.13 Å². The van der Waals surface area contributed by atoms with Crippen LogP contribution in [0.5, 0.6) is 0 Å². The summed E-state index contributed by atoms with van der Waals surface area (Å²) in [6.07, 6.45) is 0. The molecule has 244 valence electrons. The van der Waals surface area contributed by atoms with Crippen molar-refractivity contribution in [3.05, 3.63) is 192 Å². The molecule has 51 heavy (non-hydrogen) atoms. The molecule has 0 spiro atoms. The van der Waals surface area contributed by atoms with Crippen LogP contribution in [0.2, 0.25) is 0 Å². The van der Waals surface area contributed by atoms with Crippen molar-refractivity contribution in [2.75, 3.05) is 0 Å². The molecular weight excluding hydrogens is 623 g/mol. The van der Waals surface area contributed by atoms with Gasteiger partial charge in [0, 0.05) is 52.6 Å². The number of rotatable bonds is 9. The van der Waals surface area contributed by atoms with Gasteiger partial charge in [-0.15, -0.1) is 0 Å². The molecule has 7 aromatic carbocycles. The summed E-state index contributed by atoms with van der Waals surface area (Å²) in [5.41, 5.74) is 14.7. The molecule has 9 rings (SSSR count). The Balaban J connectivity index is 1.18. The normalized spacial score (nSPS) is 11.6. The number of aromatic nitrogens is 2. The third kappa shape index (κ3) is 5.73. The van der Waals surface area contributed by atoms with Gasteiger partial charge in [0.1, 0.15) is 0 Å². The smallest absolute Gasteiger partial charge is 0.0992 e. The van der Waals surface area contributed by atoms with Gasteiger partial charge >= 0.3 is 0 Å². The van der Waals surface area contributed by atoms with Crippen LogP contribution in [0, 0.1) is 11.3 Å². The molecule has 0 aliphatic rings. The highest BCUT2D eigenvalue weighted by atomic mass is 15.5.